The van der Waals surface area contributed by atoms with E-state index in [-0.39, 0.29) is 12.5 Å². The van der Waals surface area contributed by atoms with Crippen molar-refractivity contribution < 1.29 is 4.79 Å². The Labute approximate surface area is 278 Å². The number of nitrogens with one attached hydrogen (secondary N) is 1. The number of thioether (sulfide) groups is 1. The van der Waals surface area contributed by atoms with Crippen LogP contribution in [0.1, 0.15) is 28.7 Å². The summed E-state index contributed by atoms with van der Waals surface area (Å²) in [6, 6.07) is 41.8. The SMILES string of the molecule is O=C(CCSP(=S)(Cc1ccccc1)SCc1ccccc1)NC(Cc1ccccc1)(SCc1ccccc1)S[PH+]=S. The van der Waals surface area contributed by atoms with Gasteiger partial charge in [0.05, 0.1) is 4.44 Å². The van der Waals surface area contributed by atoms with Crippen molar-refractivity contribution in [2.75, 3.05) is 5.75 Å². The highest BCUT2D eigenvalue weighted by Gasteiger charge is 2.37. The van der Waals surface area contributed by atoms with Crippen LogP contribution in [0.2, 0.25) is 0 Å². The predicted octanol–water partition coefficient (Wildman–Crippen LogP) is 10.3. The van der Waals surface area contributed by atoms with Crippen LogP contribution in [-0.2, 0) is 52.5 Å². The minimum absolute atomic E-state index is 0.0501. The third kappa shape index (κ3) is 11.8. The summed E-state index contributed by atoms with van der Waals surface area (Å²) >= 11 is 19.0. The summed E-state index contributed by atoms with van der Waals surface area (Å²) in [5.74, 6) is 2.43. The Balaban J connectivity index is 1.43. The fourth-order valence-electron chi connectivity index (χ4n) is 4.16. The molecule has 0 aromatic heterocycles. The summed E-state index contributed by atoms with van der Waals surface area (Å²) in [4.78, 5) is 13.5. The van der Waals surface area contributed by atoms with E-state index >= 15 is 0 Å². The van der Waals surface area contributed by atoms with Gasteiger partial charge >= 0.3 is 0 Å². The van der Waals surface area contributed by atoms with Crippen LogP contribution in [-0.4, -0.2) is 15.9 Å². The van der Waals surface area contributed by atoms with Crippen LogP contribution in [0.25, 0.3) is 0 Å². The molecule has 1 amide bonds. The highest BCUT2D eigenvalue weighted by Crippen LogP contribution is 2.72. The van der Waals surface area contributed by atoms with Gasteiger partial charge in [0.15, 0.2) is 16.0 Å². The molecular formula is C32H34NOP2S6+. The molecule has 2 nitrogen and oxygen atoms in total. The molecule has 42 heavy (non-hydrogen) atoms. The second kappa shape index (κ2) is 18.0. The summed E-state index contributed by atoms with van der Waals surface area (Å²) in [5.41, 5.74) is 4.96. The number of benzene rings is 4. The van der Waals surface area contributed by atoms with E-state index in [0.717, 1.165) is 17.7 Å². The van der Waals surface area contributed by atoms with E-state index in [4.69, 9.17) is 23.6 Å². The third-order valence-electron chi connectivity index (χ3n) is 6.24. The topological polar surface area (TPSA) is 29.1 Å². The third-order valence-corrected chi connectivity index (χ3v) is 21.8. The molecule has 0 bridgehead atoms. The largest absolute Gasteiger partial charge is 0.329 e. The van der Waals surface area contributed by atoms with Crippen molar-refractivity contribution in [2.45, 2.75) is 34.7 Å². The van der Waals surface area contributed by atoms with E-state index in [9.17, 15) is 4.79 Å². The normalized spacial score (nSPS) is 14.1. The van der Waals surface area contributed by atoms with Crippen LogP contribution in [0.3, 0.4) is 0 Å². The van der Waals surface area contributed by atoms with E-state index in [2.05, 4.69) is 90.2 Å². The van der Waals surface area contributed by atoms with Gasteiger partial charge in [-0.25, -0.2) is 0 Å². The maximum atomic E-state index is 13.5. The first-order valence-corrected chi connectivity index (χ1v) is 24.3. The summed E-state index contributed by atoms with van der Waals surface area (Å²) in [6.45, 7) is 0.236. The second-order valence-corrected chi connectivity index (χ2v) is 26.7. The first-order valence-electron chi connectivity index (χ1n) is 13.5. The Kier molecular flexibility index (Phi) is 14.5. The van der Waals surface area contributed by atoms with Crippen molar-refractivity contribution in [1.82, 2.24) is 5.32 Å². The smallest absolute Gasteiger partial charge is 0.234 e. The molecule has 0 saturated carbocycles. The molecule has 0 fully saturated rings. The van der Waals surface area contributed by atoms with Gasteiger partial charge in [-0.3, -0.25) is 4.79 Å². The van der Waals surface area contributed by atoms with E-state index in [0.29, 0.717) is 18.6 Å². The summed E-state index contributed by atoms with van der Waals surface area (Å²) in [7, 11) is 0. The Morgan fingerprint density at radius 3 is 1.76 bits per heavy atom. The number of hydrogen-bond acceptors (Lipinski definition) is 7. The van der Waals surface area contributed by atoms with Gasteiger partial charge in [0.25, 0.3) is 0 Å². The Bertz CT molecular complexity index is 1430. The maximum Gasteiger partial charge on any atom is 0.234 e. The average Bonchev–Trinajstić information content (AvgIpc) is 3.01. The van der Waals surface area contributed by atoms with Gasteiger partial charge in [0.1, 0.15) is 11.4 Å². The first-order chi connectivity index (χ1) is 20.5. The molecule has 0 radical (unpaired) electrons. The van der Waals surface area contributed by atoms with Crippen LogP contribution >= 0.6 is 56.9 Å². The monoisotopic (exact) mass is 702 g/mol. The van der Waals surface area contributed by atoms with Crippen molar-refractivity contribution in [3.63, 3.8) is 0 Å². The Morgan fingerprint density at radius 1 is 0.714 bits per heavy atom. The molecule has 0 spiro atoms. The quantitative estimate of drug-likeness (QED) is 0.0865. The number of amides is 1. The van der Waals surface area contributed by atoms with Gasteiger partial charge in [-0.1, -0.05) is 133 Å². The van der Waals surface area contributed by atoms with Crippen molar-refractivity contribution in [3.05, 3.63) is 144 Å². The molecule has 10 heteroatoms. The zero-order valence-corrected chi connectivity index (χ0v) is 29.9. The molecule has 0 saturated heterocycles. The standard InChI is InChI=1S/C32H33NOP2S6/c34-31(21-22-40-36(38,24-28-15-7-2-8-16-28)41-26-30-19-11-4-12-20-30)33-32(42-35-37,23-27-13-5-1-6-14-27)39-25-29-17-9-3-10-18-29/h1-20H,21-26H2,(H,33,34)/p+1. The van der Waals surface area contributed by atoms with Crippen molar-refractivity contribution in [1.29, 1.82) is 0 Å². The lowest BCUT2D eigenvalue weighted by molar-refractivity contribution is -0.121. The van der Waals surface area contributed by atoms with Crippen LogP contribution in [0.5, 0.6) is 0 Å². The zero-order chi connectivity index (χ0) is 29.5. The molecule has 3 atom stereocenters. The maximum absolute atomic E-state index is 13.5. The van der Waals surface area contributed by atoms with Crippen molar-refractivity contribution in [3.8, 4) is 0 Å². The lowest BCUT2D eigenvalue weighted by Crippen LogP contribution is -2.44. The number of hydrogen-bond donors (Lipinski definition) is 1. The van der Waals surface area contributed by atoms with E-state index in [1.807, 2.05) is 59.2 Å². The summed E-state index contributed by atoms with van der Waals surface area (Å²) in [6.07, 6.45) is 2.00. The van der Waals surface area contributed by atoms with Crippen LogP contribution in [0.15, 0.2) is 121 Å². The van der Waals surface area contributed by atoms with E-state index in [1.165, 1.54) is 22.3 Å². The highest BCUT2D eigenvalue weighted by molar-refractivity contribution is 9.00. The molecule has 0 heterocycles. The second-order valence-electron chi connectivity index (χ2n) is 9.52. The van der Waals surface area contributed by atoms with Gasteiger partial charge < -0.3 is 5.32 Å². The molecule has 4 aromatic carbocycles. The molecule has 0 aliphatic carbocycles. The average molecular weight is 703 g/mol. The van der Waals surface area contributed by atoms with Crippen LogP contribution in [0.4, 0.5) is 0 Å². The van der Waals surface area contributed by atoms with Crippen molar-refractivity contribution in [2.24, 2.45) is 0 Å². The number of rotatable bonds is 17. The molecule has 0 aliphatic heterocycles. The van der Waals surface area contributed by atoms with Gasteiger partial charge in [0, 0.05) is 36.3 Å². The molecule has 3 unspecified atom stereocenters. The molecule has 1 N–H and O–H groups in total. The first kappa shape index (κ1) is 33.8. The predicted molar refractivity (Wildman–Crippen MR) is 201 cm³/mol. The zero-order valence-electron chi connectivity index (χ0n) is 23.1. The van der Waals surface area contributed by atoms with E-state index < -0.39 is 8.64 Å². The van der Waals surface area contributed by atoms with Crippen LogP contribution < -0.4 is 5.32 Å². The molecular weight excluding hydrogens is 669 g/mol. The minimum atomic E-state index is -1.87. The minimum Gasteiger partial charge on any atom is -0.329 e. The van der Waals surface area contributed by atoms with E-state index in [1.54, 1.807) is 23.1 Å². The van der Waals surface area contributed by atoms with Crippen LogP contribution in [0, 0.1) is 0 Å². The Morgan fingerprint density at radius 2 is 1.21 bits per heavy atom. The number of carbonyl (C=O) groups excluding carboxylic acids is 1. The lowest BCUT2D eigenvalue weighted by atomic mass is 10.1. The highest BCUT2D eigenvalue weighted by atomic mass is 33.2. The van der Waals surface area contributed by atoms with Gasteiger partial charge in [-0.2, -0.15) is 0 Å². The van der Waals surface area contributed by atoms with Gasteiger partial charge in [-0.15, -0.1) is 34.5 Å². The molecule has 218 valence electrons. The fourth-order valence-corrected chi connectivity index (χ4v) is 18.8. The van der Waals surface area contributed by atoms with Gasteiger partial charge in [-0.05, 0) is 22.3 Å². The lowest BCUT2D eigenvalue weighted by Gasteiger charge is -2.29. The fraction of sp³-hybridized carbons (Fsp3) is 0.219. The van der Waals surface area contributed by atoms with Gasteiger partial charge in [0.2, 0.25) is 12.5 Å². The summed E-state index contributed by atoms with van der Waals surface area (Å²) in [5, 5.41) is 3.43. The molecule has 4 aromatic rings. The van der Waals surface area contributed by atoms with Crippen molar-refractivity contribution >= 4 is 86.4 Å². The molecule has 4 rings (SSSR count). The molecule has 0 aliphatic rings. The Hall–Kier alpha value is -1.08. The number of carbonyl (C=O) groups is 1. The summed E-state index contributed by atoms with van der Waals surface area (Å²) < 4.78 is -2.41.